The molecule has 1 aromatic carbocycles. The molecule has 2 nitrogen and oxygen atoms in total. The Kier molecular flexibility index (Phi) is 5.44. The van der Waals surface area contributed by atoms with Gasteiger partial charge in [-0.3, -0.25) is 0 Å². The van der Waals surface area contributed by atoms with Crippen LogP contribution in [0, 0.1) is 5.92 Å². The summed E-state index contributed by atoms with van der Waals surface area (Å²) in [7, 11) is 1.10. The van der Waals surface area contributed by atoms with Gasteiger partial charge in [-0.15, -0.1) is 0 Å². The van der Waals surface area contributed by atoms with Crippen LogP contribution in [0.3, 0.4) is 0 Å². The van der Waals surface area contributed by atoms with Crippen LogP contribution in [0.5, 0.6) is 5.75 Å². The number of rotatable bonds is 3. The van der Waals surface area contributed by atoms with Crippen LogP contribution in [-0.2, 0) is 0 Å². The van der Waals surface area contributed by atoms with Crippen LogP contribution in [-0.4, -0.2) is 19.5 Å². The molecule has 1 unspecified atom stereocenters. The normalized spacial score (nSPS) is 14.4. The number of benzene rings is 1. The van der Waals surface area contributed by atoms with Crippen molar-refractivity contribution in [1.29, 1.82) is 0 Å². The van der Waals surface area contributed by atoms with Gasteiger partial charge in [0, 0.05) is 10.6 Å². The highest BCUT2D eigenvalue weighted by molar-refractivity contribution is 9.10. The molecular formula is C11H9BrClF6NO. The first-order chi connectivity index (χ1) is 9.39. The predicted octanol–water partition coefficient (Wildman–Crippen LogP) is 4.85. The quantitative estimate of drug-likeness (QED) is 0.736. The molecule has 120 valence electrons. The van der Waals surface area contributed by atoms with Crippen LogP contribution in [0.1, 0.15) is 11.6 Å². The minimum atomic E-state index is -5.56. The molecule has 0 radical (unpaired) electrons. The Hall–Kier alpha value is -0.670. The average Bonchev–Trinajstić information content (AvgIpc) is 2.23. The number of methoxy groups -OCH3 is 1. The standard InChI is InChI=1S/C11H9BrClF6NO/c1-21-8-5(2-4(13)3-6(8)12)7(20)9(10(14,15)16)11(17,18)19/h2-3,7,9H,20H2,1H3. The maximum atomic E-state index is 12.7. The number of halogens is 8. The Bertz CT molecular complexity index is 505. The second kappa shape index (κ2) is 6.21. The summed E-state index contributed by atoms with van der Waals surface area (Å²) in [6.45, 7) is 0. The molecular weight excluding hydrogens is 391 g/mol. The lowest BCUT2D eigenvalue weighted by atomic mass is 9.92. The molecule has 0 aromatic heterocycles. The summed E-state index contributed by atoms with van der Waals surface area (Å²) in [5, 5.41) is -0.0729. The van der Waals surface area contributed by atoms with Gasteiger partial charge in [-0.1, -0.05) is 11.6 Å². The maximum absolute atomic E-state index is 12.7. The second-order valence-corrected chi connectivity index (χ2v) is 5.39. The van der Waals surface area contributed by atoms with Crippen molar-refractivity contribution in [3.05, 3.63) is 27.2 Å². The Morgan fingerprint density at radius 1 is 1.14 bits per heavy atom. The summed E-state index contributed by atoms with van der Waals surface area (Å²) in [6.07, 6.45) is -11.1. The van der Waals surface area contributed by atoms with Gasteiger partial charge in [0.15, 0.2) is 5.92 Å². The zero-order valence-corrected chi connectivity index (χ0v) is 12.7. The monoisotopic (exact) mass is 399 g/mol. The second-order valence-electron chi connectivity index (χ2n) is 4.10. The number of ether oxygens (including phenoxy) is 1. The molecule has 0 amide bonds. The molecule has 0 aliphatic carbocycles. The number of alkyl halides is 6. The van der Waals surface area contributed by atoms with Crippen molar-refractivity contribution in [3.8, 4) is 5.75 Å². The SMILES string of the molecule is COc1c(Br)cc(Cl)cc1C(N)C(C(F)(F)F)C(F)(F)F. The van der Waals surface area contributed by atoms with E-state index in [4.69, 9.17) is 22.1 Å². The highest BCUT2D eigenvalue weighted by Crippen LogP contribution is 2.48. The van der Waals surface area contributed by atoms with Crippen molar-refractivity contribution in [3.63, 3.8) is 0 Å². The fraction of sp³-hybridized carbons (Fsp3) is 0.455. The van der Waals surface area contributed by atoms with E-state index in [1.807, 2.05) is 0 Å². The Labute approximate surface area is 129 Å². The first-order valence-corrected chi connectivity index (χ1v) is 6.48. The van der Waals surface area contributed by atoms with Gasteiger partial charge in [0.05, 0.1) is 17.6 Å². The third-order valence-corrected chi connectivity index (χ3v) is 3.47. The number of nitrogens with two attached hydrogens (primary N) is 1. The first-order valence-electron chi connectivity index (χ1n) is 5.31. The molecule has 21 heavy (non-hydrogen) atoms. The molecule has 2 N–H and O–H groups in total. The smallest absolute Gasteiger partial charge is 0.402 e. The predicted molar refractivity (Wildman–Crippen MR) is 68.2 cm³/mol. The molecule has 0 heterocycles. The van der Waals surface area contributed by atoms with Crippen molar-refractivity contribution < 1.29 is 31.1 Å². The molecule has 0 fully saturated rings. The van der Waals surface area contributed by atoms with Crippen LogP contribution in [0.15, 0.2) is 16.6 Å². The van der Waals surface area contributed by atoms with Gasteiger partial charge in [-0.05, 0) is 28.1 Å². The van der Waals surface area contributed by atoms with E-state index in [-0.39, 0.29) is 15.2 Å². The fourth-order valence-corrected chi connectivity index (χ4v) is 2.81. The largest absolute Gasteiger partial charge is 0.495 e. The van der Waals surface area contributed by atoms with Crippen LogP contribution < -0.4 is 10.5 Å². The number of hydrogen-bond acceptors (Lipinski definition) is 2. The summed E-state index contributed by atoms with van der Waals surface area (Å²) in [5.41, 5.74) is 4.74. The summed E-state index contributed by atoms with van der Waals surface area (Å²) in [5.74, 6) is -3.96. The van der Waals surface area contributed by atoms with Crippen molar-refractivity contribution in [2.24, 2.45) is 11.7 Å². The van der Waals surface area contributed by atoms with Gasteiger partial charge < -0.3 is 10.5 Å². The molecule has 0 aliphatic heterocycles. The summed E-state index contributed by atoms with van der Waals surface area (Å²) >= 11 is 8.60. The molecule has 1 aromatic rings. The molecule has 0 aliphatic rings. The van der Waals surface area contributed by atoms with E-state index in [0.29, 0.717) is 0 Å². The summed E-state index contributed by atoms with van der Waals surface area (Å²) in [4.78, 5) is 0. The van der Waals surface area contributed by atoms with E-state index in [1.54, 1.807) is 0 Å². The Balaban J connectivity index is 3.44. The molecule has 0 spiro atoms. The van der Waals surface area contributed by atoms with Crippen LogP contribution in [0.4, 0.5) is 26.3 Å². The highest BCUT2D eigenvalue weighted by atomic mass is 79.9. The van der Waals surface area contributed by atoms with Crippen molar-refractivity contribution in [1.82, 2.24) is 0 Å². The van der Waals surface area contributed by atoms with Crippen LogP contribution in [0.2, 0.25) is 5.02 Å². The van der Waals surface area contributed by atoms with Crippen LogP contribution >= 0.6 is 27.5 Å². The van der Waals surface area contributed by atoms with E-state index >= 15 is 0 Å². The van der Waals surface area contributed by atoms with Crippen molar-refractivity contribution >= 4 is 27.5 Å². The minimum Gasteiger partial charge on any atom is -0.495 e. The molecule has 10 heteroatoms. The average molecular weight is 401 g/mol. The molecule has 0 saturated carbocycles. The third-order valence-electron chi connectivity index (χ3n) is 2.66. The third kappa shape index (κ3) is 4.17. The van der Waals surface area contributed by atoms with Crippen molar-refractivity contribution in [2.45, 2.75) is 18.4 Å². The molecule has 0 saturated heterocycles. The maximum Gasteiger partial charge on any atom is 0.402 e. The van der Waals surface area contributed by atoms with E-state index in [2.05, 4.69) is 15.9 Å². The van der Waals surface area contributed by atoms with Crippen molar-refractivity contribution in [2.75, 3.05) is 7.11 Å². The van der Waals surface area contributed by atoms with Crippen LogP contribution in [0.25, 0.3) is 0 Å². The summed E-state index contributed by atoms with van der Waals surface area (Å²) < 4.78 is 81.1. The van der Waals surface area contributed by atoms with Gasteiger partial charge in [-0.25, -0.2) is 0 Å². The lowest BCUT2D eigenvalue weighted by Gasteiger charge is -2.29. The highest BCUT2D eigenvalue weighted by Gasteiger charge is 2.60. The van der Waals surface area contributed by atoms with E-state index in [0.717, 1.165) is 13.2 Å². The summed E-state index contributed by atoms with van der Waals surface area (Å²) in [6, 6.07) is -0.220. The Morgan fingerprint density at radius 2 is 1.62 bits per heavy atom. The zero-order valence-electron chi connectivity index (χ0n) is 10.3. The van der Waals surface area contributed by atoms with Gasteiger partial charge in [0.2, 0.25) is 0 Å². The van der Waals surface area contributed by atoms with Gasteiger partial charge in [0.1, 0.15) is 5.75 Å². The number of hydrogen-bond donors (Lipinski definition) is 1. The zero-order chi connectivity index (χ0) is 16.6. The van der Waals surface area contributed by atoms with E-state index < -0.39 is 29.9 Å². The topological polar surface area (TPSA) is 35.2 Å². The first kappa shape index (κ1) is 18.4. The lowest BCUT2D eigenvalue weighted by Crippen LogP contribution is -2.44. The minimum absolute atomic E-state index is 0.0729. The molecule has 0 bridgehead atoms. The molecule has 1 rings (SSSR count). The van der Waals surface area contributed by atoms with Gasteiger partial charge >= 0.3 is 12.4 Å². The molecule has 1 atom stereocenters. The Morgan fingerprint density at radius 3 is 2.00 bits per heavy atom. The lowest BCUT2D eigenvalue weighted by molar-refractivity contribution is -0.290. The van der Waals surface area contributed by atoms with E-state index in [1.165, 1.54) is 6.07 Å². The van der Waals surface area contributed by atoms with Gasteiger partial charge in [-0.2, -0.15) is 26.3 Å². The van der Waals surface area contributed by atoms with E-state index in [9.17, 15) is 26.3 Å². The fourth-order valence-electron chi connectivity index (χ4n) is 1.82. The van der Waals surface area contributed by atoms with Gasteiger partial charge in [0.25, 0.3) is 0 Å².